The van der Waals surface area contributed by atoms with Gasteiger partial charge < -0.3 is 9.64 Å². The zero-order chi connectivity index (χ0) is 13.6. The third-order valence-electron chi connectivity index (χ3n) is 2.81. The van der Waals surface area contributed by atoms with E-state index in [1.54, 1.807) is 13.1 Å². The average Bonchev–Trinajstić information content (AvgIpc) is 2.60. The molecular weight excluding hydrogens is 248 g/mol. The first-order chi connectivity index (χ1) is 8.19. The summed E-state index contributed by atoms with van der Waals surface area (Å²) < 4.78 is 6.04. The fraction of sp³-hybridized carbons (Fsp3) is 0.692. The Morgan fingerprint density at radius 1 is 1.33 bits per heavy atom. The van der Waals surface area contributed by atoms with Crippen molar-refractivity contribution >= 4 is 22.3 Å². The van der Waals surface area contributed by atoms with Crippen LogP contribution in [-0.2, 0) is 4.74 Å². The highest BCUT2D eigenvalue weighted by atomic mass is 32.1. The number of hydrogen-bond donors (Lipinski definition) is 0. The monoisotopic (exact) mass is 268 g/mol. The summed E-state index contributed by atoms with van der Waals surface area (Å²) in [5, 5.41) is 0.907. The van der Waals surface area contributed by atoms with E-state index in [0.29, 0.717) is 4.88 Å². The Kier molecular flexibility index (Phi) is 3.23. The molecule has 0 N–H and O–H groups in total. The van der Waals surface area contributed by atoms with Gasteiger partial charge in [0.25, 0.3) is 0 Å². The van der Waals surface area contributed by atoms with Gasteiger partial charge in [-0.2, -0.15) is 0 Å². The standard InChI is InChI=1S/C13H20N2O2S/c1-9(16)10-6-14-11(18-10)15-7-12(2,3)17-13(4,5)8-15/h6H,7-8H2,1-5H3. The molecule has 0 saturated carbocycles. The molecule has 18 heavy (non-hydrogen) atoms. The Bertz CT molecular complexity index is 449. The van der Waals surface area contributed by atoms with Crippen LogP contribution in [0.3, 0.4) is 0 Å². The number of thiazole rings is 1. The van der Waals surface area contributed by atoms with Crippen LogP contribution in [0.4, 0.5) is 5.13 Å². The largest absolute Gasteiger partial charge is 0.366 e. The van der Waals surface area contributed by atoms with Crippen molar-refractivity contribution < 1.29 is 9.53 Å². The molecule has 0 bridgehead atoms. The number of rotatable bonds is 2. The fourth-order valence-corrected chi connectivity index (χ4v) is 3.31. The summed E-state index contributed by atoms with van der Waals surface area (Å²) in [5.41, 5.74) is -0.409. The van der Waals surface area contributed by atoms with Gasteiger partial charge in [-0.15, -0.1) is 0 Å². The van der Waals surface area contributed by atoms with Gasteiger partial charge in [-0.3, -0.25) is 4.79 Å². The molecule has 0 unspecified atom stereocenters. The van der Waals surface area contributed by atoms with Crippen molar-refractivity contribution in [2.24, 2.45) is 0 Å². The zero-order valence-corrected chi connectivity index (χ0v) is 12.4. The molecule has 0 amide bonds. The summed E-state index contributed by atoms with van der Waals surface area (Å²) in [4.78, 5) is 18.6. The fourth-order valence-electron chi connectivity index (χ4n) is 2.50. The van der Waals surface area contributed by atoms with E-state index in [9.17, 15) is 4.79 Å². The minimum atomic E-state index is -0.205. The Labute approximate surface area is 112 Å². The number of ether oxygens (including phenoxy) is 1. The smallest absolute Gasteiger partial charge is 0.186 e. The van der Waals surface area contributed by atoms with E-state index < -0.39 is 0 Å². The van der Waals surface area contributed by atoms with Crippen molar-refractivity contribution in [2.75, 3.05) is 18.0 Å². The number of carbonyl (C=O) groups is 1. The van der Waals surface area contributed by atoms with Crippen LogP contribution < -0.4 is 4.90 Å². The van der Waals surface area contributed by atoms with Crippen LogP contribution in [0.5, 0.6) is 0 Å². The van der Waals surface area contributed by atoms with Crippen molar-refractivity contribution in [3.63, 3.8) is 0 Å². The summed E-state index contributed by atoms with van der Waals surface area (Å²) in [5.74, 6) is 0.0746. The van der Waals surface area contributed by atoms with Crippen molar-refractivity contribution in [2.45, 2.75) is 45.8 Å². The highest BCUT2D eigenvalue weighted by Gasteiger charge is 2.39. The van der Waals surface area contributed by atoms with Crippen LogP contribution in [0.15, 0.2) is 6.20 Å². The normalized spacial score (nSPS) is 21.9. The van der Waals surface area contributed by atoms with E-state index in [1.807, 2.05) is 0 Å². The summed E-state index contributed by atoms with van der Waals surface area (Å²) in [7, 11) is 0. The van der Waals surface area contributed by atoms with Crippen LogP contribution in [0.25, 0.3) is 0 Å². The molecule has 0 radical (unpaired) electrons. The summed E-state index contributed by atoms with van der Waals surface area (Å²) in [6, 6.07) is 0. The molecule has 100 valence electrons. The molecule has 2 heterocycles. The Morgan fingerprint density at radius 3 is 2.33 bits per heavy atom. The van der Waals surface area contributed by atoms with Gasteiger partial charge in [0.05, 0.1) is 22.3 Å². The molecular formula is C13H20N2O2S. The first-order valence-corrected chi connectivity index (χ1v) is 6.92. The molecule has 1 aliphatic rings. The maximum Gasteiger partial charge on any atom is 0.186 e. The van der Waals surface area contributed by atoms with E-state index in [4.69, 9.17) is 4.74 Å². The summed E-state index contributed by atoms with van der Waals surface area (Å²) in [6.07, 6.45) is 1.66. The van der Waals surface area contributed by atoms with Crippen LogP contribution in [-0.4, -0.2) is 35.1 Å². The van der Waals surface area contributed by atoms with Gasteiger partial charge in [-0.05, 0) is 27.7 Å². The average molecular weight is 268 g/mol. The van der Waals surface area contributed by atoms with Gasteiger partial charge in [-0.25, -0.2) is 4.98 Å². The highest BCUT2D eigenvalue weighted by Crippen LogP contribution is 2.33. The van der Waals surface area contributed by atoms with Crippen molar-refractivity contribution in [1.82, 2.24) is 4.98 Å². The lowest BCUT2D eigenvalue weighted by Gasteiger charge is -2.47. The molecule has 0 atom stereocenters. The predicted octanol–water partition coefficient (Wildman–Crippen LogP) is 2.74. The number of ketones is 1. The number of anilines is 1. The SMILES string of the molecule is CC(=O)c1cnc(N2CC(C)(C)OC(C)(C)C2)s1. The number of hydrogen-bond acceptors (Lipinski definition) is 5. The predicted molar refractivity (Wildman–Crippen MR) is 73.6 cm³/mol. The molecule has 1 saturated heterocycles. The van der Waals surface area contributed by atoms with Crippen LogP contribution in [0, 0.1) is 0 Å². The maximum absolute atomic E-state index is 11.3. The molecule has 4 nitrogen and oxygen atoms in total. The lowest BCUT2D eigenvalue weighted by atomic mass is 9.99. The molecule has 0 aromatic carbocycles. The van der Waals surface area contributed by atoms with E-state index in [2.05, 4.69) is 37.6 Å². The van der Waals surface area contributed by atoms with E-state index in [0.717, 1.165) is 18.2 Å². The van der Waals surface area contributed by atoms with Crippen molar-refractivity contribution in [1.29, 1.82) is 0 Å². The Morgan fingerprint density at radius 2 is 1.89 bits per heavy atom. The van der Waals surface area contributed by atoms with E-state index in [-0.39, 0.29) is 17.0 Å². The molecule has 1 aliphatic heterocycles. The molecule has 1 aromatic rings. The molecule has 2 rings (SSSR count). The lowest BCUT2D eigenvalue weighted by Crippen LogP contribution is -2.57. The number of morpholine rings is 1. The zero-order valence-electron chi connectivity index (χ0n) is 11.6. The molecule has 0 spiro atoms. The first kappa shape index (κ1) is 13.5. The second-order valence-corrected chi connectivity index (χ2v) is 7.05. The Balaban J connectivity index is 2.24. The van der Waals surface area contributed by atoms with Gasteiger partial charge >= 0.3 is 0 Å². The minimum absolute atomic E-state index is 0.0746. The number of nitrogens with zero attached hydrogens (tertiary/aromatic N) is 2. The molecule has 1 aromatic heterocycles. The second-order valence-electron chi connectivity index (χ2n) is 6.04. The second kappa shape index (κ2) is 4.31. The third-order valence-corrected chi connectivity index (χ3v) is 3.97. The van der Waals surface area contributed by atoms with Gasteiger partial charge in [0, 0.05) is 20.0 Å². The van der Waals surface area contributed by atoms with Crippen LogP contribution >= 0.6 is 11.3 Å². The van der Waals surface area contributed by atoms with Crippen molar-refractivity contribution in [3.8, 4) is 0 Å². The molecule has 0 aliphatic carbocycles. The van der Waals surface area contributed by atoms with Gasteiger partial charge in [0.15, 0.2) is 10.9 Å². The van der Waals surface area contributed by atoms with Crippen LogP contribution in [0.1, 0.15) is 44.3 Å². The molecule has 5 heteroatoms. The number of aromatic nitrogens is 1. The highest BCUT2D eigenvalue weighted by molar-refractivity contribution is 7.17. The lowest BCUT2D eigenvalue weighted by molar-refractivity contribution is -0.133. The minimum Gasteiger partial charge on any atom is -0.366 e. The number of carbonyl (C=O) groups excluding carboxylic acids is 1. The molecule has 1 fully saturated rings. The van der Waals surface area contributed by atoms with Gasteiger partial charge in [-0.1, -0.05) is 11.3 Å². The summed E-state index contributed by atoms with van der Waals surface area (Å²) >= 11 is 1.46. The Hall–Kier alpha value is -0.940. The summed E-state index contributed by atoms with van der Waals surface area (Å²) in [6.45, 7) is 11.5. The van der Waals surface area contributed by atoms with E-state index >= 15 is 0 Å². The van der Waals surface area contributed by atoms with Crippen molar-refractivity contribution in [3.05, 3.63) is 11.1 Å². The topological polar surface area (TPSA) is 42.4 Å². The van der Waals surface area contributed by atoms with Gasteiger partial charge in [0.2, 0.25) is 0 Å². The quantitative estimate of drug-likeness (QED) is 0.773. The first-order valence-electron chi connectivity index (χ1n) is 6.10. The van der Waals surface area contributed by atoms with Crippen LogP contribution in [0.2, 0.25) is 0 Å². The van der Waals surface area contributed by atoms with Gasteiger partial charge in [0.1, 0.15) is 0 Å². The number of Topliss-reactive ketones (excluding diaryl/α,β-unsaturated/α-hetero) is 1. The maximum atomic E-state index is 11.3. The van der Waals surface area contributed by atoms with E-state index in [1.165, 1.54) is 11.3 Å². The third kappa shape index (κ3) is 2.90.